The number of likely N-dealkylation sites (N-methyl/N-ethyl adjacent to an activating group) is 1. The molecule has 0 aromatic carbocycles. The highest BCUT2D eigenvalue weighted by molar-refractivity contribution is 5.78. The minimum atomic E-state index is -0.916. The van der Waals surface area contributed by atoms with Gasteiger partial charge in [-0.25, -0.2) is 9.97 Å². The number of carbonyl (C=O) groups excluding carboxylic acids is 1. The zero-order valence-electron chi connectivity index (χ0n) is 14.3. The quantitative estimate of drug-likeness (QED) is 0.785. The molecule has 3 rings (SSSR count). The molecule has 1 aliphatic carbocycles. The molecule has 24 heavy (non-hydrogen) atoms. The van der Waals surface area contributed by atoms with Crippen LogP contribution in [0.2, 0.25) is 0 Å². The molecule has 0 unspecified atom stereocenters. The van der Waals surface area contributed by atoms with Gasteiger partial charge in [-0.3, -0.25) is 9.69 Å². The normalized spacial score (nSPS) is 24.7. The third-order valence-electron chi connectivity index (χ3n) is 5.12. The molecule has 7 heteroatoms. The number of nitrogens with one attached hydrogen (secondary N) is 1. The summed E-state index contributed by atoms with van der Waals surface area (Å²) in [7, 11) is 2.01. The van der Waals surface area contributed by atoms with Gasteiger partial charge >= 0.3 is 0 Å². The molecule has 1 saturated heterocycles. The number of nitrogens with zero attached hydrogens (tertiary/aromatic N) is 4. The van der Waals surface area contributed by atoms with Crippen LogP contribution in [0.4, 0.5) is 5.95 Å². The van der Waals surface area contributed by atoms with Crippen molar-refractivity contribution in [3.8, 4) is 0 Å². The summed E-state index contributed by atoms with van der Waals surface area (Å²) in [5, 5.41) is 13.6. The first-order valence-corrected chi connectivity index (χ1v) is 8.77. The smallest absolute Gasteiger partial charge is 0.234 e. The third-order valence-corrected chi connectivity index (χ3v) is 5.12. The fourth-order valence-corrected chi connectivity index (χ4v) is 3.65. The van der Waals surface area contributed by atoms with E-state index in [4.69, 9.17) is 0 Å². The number of amides is 1. The maximum atomic E-state index is 12.2. The summed E-state index contributed by atoms with van der Waals surface area (Å²) in [5.74, 6) is 0.605. The number of carbonyl (C=O) groups is 1. The van der Waals surface area contributed by atoms with Crippen LogP contribution in [-0.4, -0.2) is 70.8 Å². The van der Waals surface area contributed by atoms with E-state index < -0.39 is 5.60 Å². The Hall–Kier alpha value is -1.73. The van der Waals surface area contributed by atoms with Crippen LogP contribution < -0.4 is 10.2 Å². The number of rotatable bonds is 6. The van der Waals surface area contributed by atoms with E-state index in [1.807, 2.05) is 11.9 Å². The SMILES string of the molecule is CN(CC(=O)NC[C@]1(O)CCN(c2ncccn2)C1)C1CCCC1. The summed E-state index contributed by atoms with van der Waals surface area (Å²) in [4.78, 5) is 24.7. The van der Waals surface area contributed by atoms with Crippen molar-refractivity contribution in [2.24, 2.45) is 0 Å². The van der Waals surface area contributed by atoms with Crippen LogP contribution >= 0.6 is 0 Å². The largest absolute Gasteiger partial charge is 0.386 e. The fraction of sp³-hybridized carbons (Fsp3) is 0.706. The van der Waals surface area contributed by atoms with Gasteiger partial charge in [-0.1, -0.05) is 12.8 Å². The lowest BCUT2D eigenvalue weighted by molar-refractivity contribution is -0.123. The molecule has 1 aromatic heterocycles. The van der Waals surface area contributed by atoms with Crippen LogP contribution in [0.3, 0.4) is 0 Å². The fourth-order valence-electron chi connectivity index (χ4n) is 3.65. The Balaban J connectivity index is 1.45. The first kappa shape index (κ1) is 17.1. The van der Waals surface area contributed by atoms with Gasteiger partial charge in [0.25, 0.3) is 0 Å². The molecule has 0 spiro atoms. The van der Waals surface area contributed by atoms with Gasteiger partial charge in [0, 0.05) is 31.5 Å². The summed E-state index contributed by atoms with van der Waals surface area (Å²) in [6.45, 7) is 1.80. The average molecular weight is 333 g/mol. The molecular formula is C17H27N5O2. The van der Waals surface area contributed by atoms with E-state index in [0.29, 0.717) is 38.0 Å². The summed E-state index contributed by atoms with van der Waals surface area (Å²) < 4.78 is 0. The molecule has 1 saturated carbocycles. The second-order valence-electron chi connectivity index (χ2n) is 7.07. The minimum Gasteiger partial charge on any atom is -0.386 e. The maximum Gasteiger partial charge on any atom is 0.234 e. The lowest BCUT2D eigenvalue weighted by Gasteiger charge is -2.26. The maximum absolute atomic E-state index is 12.2. The lowest BCUT2D eigenvalue weighted by atomic mass is 10.0. The highest BCUT2D eigenvalue weighted by Crippen LogP contribution is 2.24. The molecule has 0 bridgehead atoms. The Labute approximate surface area is 143 Å². The third kappa shape index (κ3) is 4.21. The number of aromatic nitrogens is 2. The van der Waals surface area contributed by atoms with Crippen LogP contribution in [0.15, 0.2) is 18.5 Å². The van der Waals surface area contributed by atoms with Crippen LogP contribution in [0.5, 0.6) is 0 Å². The minimum absolute atomic E-state index is 0.0211. The Kier molecular flexibility index (Phi) is 5.30. The highest BCUT2D eigenvalue weighted by Gasteiger charge is 2.37. The summed E-state index contributed by atoms with van der Waals surface area (Å²) >= 11 is 0. The van der Waals surface area contributed by atoms with Gasteiger partial charge in [0.15, 0.2) is 0 Å². The number of aliphatic hydroxyl groups is 1. The van der Waals surface area contributed by atoms with E-state index in [-0.39, 0.29) is 12.5 Å². The Bertz CT molecular complexity index is 549. The van der Waals surface area contributed by atoms with E-state index in [9.17, 15) is 9.90 Å². The van der Waals surface area contributed by atoms with Gasteiger partial charge in [-0.05, 0) is 32.4 Å². The monoisotopic (exact) mass is 333 g/mol. The summed E-state index contributed by atoms with van der Waals surface area (Å²) in [5.41, 5.74) is -0.916. The molecule has 1 atom stereocenters. The van der Waals surface area contributed by atoms with E-state index in [2.05, 4.69) is 20.2 Å². The van der Waals surface area contributed by atoms with Gasteiger partial charge in [0.1, 0.15) is 5.60 Å². The molecule has 1 aromatic rings. The van der Waals surface area contributed by atoms with E-state index >= 15 is 0 Å². The van der Waals surface area contributed by atoms with Crippen molar-refractivity contribution in [3.63, 3.8) is 0 Å². The van der Waals surface area contributed by atoms with Crippen molar-refractivity contribution in [2.75, 3.05) is 38.1 Å². The first-order chi connectivity index (χ1) is 11.6. The second kappa shape index (κ2) is 7.44. The molecule has 0 radical (unpaired) electrons. The molecular weight excluding hydrogens is 306 g/mol. The first-order valence-electron chi connectivity index (χ1n) is 8.77. The Morgan fingerprint density at radius 3 is 2.83 bits per heavy atom. The lowest BCUT2D eigenvalue weighted by Crippen LogP contribution is -2.48. The van der Waals surface area contributed by atoms with Gasteiger partial charge in [-0.15, -0.1) is 0 Å². The number of anilines is 1. The molecule has 1 aliphatic heterocycles. The Morgan fingerprint density at radius 1 is 1.42 bits per heavy atom. The van der Waals surface area contributed by atoms with Crippen LogP contribution in [0.25, 0.3) is 0 Å². The summed E-state index contributed by atoms with van der Waals surface area (Å²) in [6, 6.07) is 2.29. The topological polar surface area (TPSA) is 81.6 Å². The van der Waals surface area contributed by atoms with Crippen molar-refractivity contribution in [1.29, 1.82) is 0 Å². The van der Waals surface area contributed by atoms with Crippen LogP contribution in [0.1, 0.15) is 32.1 Å². The van der Waals surface area contributed by atoms with Crippen molar-refractivity contribution >= 4 is 11.9 Å². The predicted octanol–water partition coefficient (Wildman–Crippen LogP) is 0.408. The summed E-state index contributed by atoms with van der Waals surface area (Å²) in [6.07, 6.45) is 8.87. The molecule has 7 nitrogen and oxygen atoms in total. The zero-order chi connectivity index (χ0) is 17.0. The number of hydrogen-bond donors (Lipinski definition) is 2. The standard InChI is InChI=1S/C17H27N5O2/c1-21(14-5-2-3-6-14)11-15(23)20-12-17(24)7-10-22(13-17)16-18-8-4-9-19-16/h4,8-9,14,24H,2-3,5-7,10-13H2,1H3,(H,20,23)/t17-/m1/s1. The van der Waals surface area contributed by atoms with Gasteiger partial charge in [0.05, 0.1) is 13.1 Å². The number of hydrogen-bond acceptors (Lipinski definition) is 6. The van der Waals surface area contributed by atoms with E-state index in [0.717, 1.165) is 0 Å². The van der Waals surface area contributed by atoms with Crippen molar-refractivity contribution < 1.29 is 9.90 Å². The molecule has 1 amide bonds. The number of β-amino-alcohol motifs (C(OH)–C–C–N with tert-alkyl or cyclic N) is 1. The van der Waals surface area contributed by atoms with E-state index in [1.54, 1.807) is 18.5 Å². The van der Waals surface area contributed by atoms with Crippen LogP contribution in [0, 0.1) is 0 Å². The molecule has 2 N–H and O–H groups in total. The average Bonchev–Trinajstić information content (AvgIpc) is 3.24. The zero-order valence-corrected chi connectivity index (χ0v) is 14.3. The molecule has 132 valence electrons. The van der Waals surface area contributed by atoms with Crippen LogP contribution in [-0.2, 0) is 4.79 Å². The van der Waals surface area contributed by atoms with Gasteiger partial charge < -0.3 is 15.3 Å². The van der Waals surface area contributed by atoms with Gasteiger partial charge in [-0.2, -0.15) is 0 Å². The second-order valence-corrected chi connectivity index (χ2v) is 7.07. The highest BCUT2D eigenvalue weighted by atomic mass is 16.3. The van der Waals surface area contributed by atoms with Gasteiger partial charge in [0.2, 0.25) is 11.9 Å². The van der Waals surface area contributed by atoms with Crippen molar-refractivity contribution in [1.82, 2.24) is 20.2 Å². The Morgan fingerprint density at radius 2 is 2.12 bits per heavy atom. The van der Waals surface area contributed by atoms with E-state index in [1.165, 1.54) is 25.7 Å². The molecule has 2 aliphatic rings. The molecule has 2 heterocycles. The van der Waals surface area contributed by atoms with Crippen molar-refractivity contribution in [3.05, 3.63) is 18.5 Å². The molecule has 2 fully saturated rings. The van der Waals surface area contributed by atoms with Crippen molar-refractivity contribution in [2.45, 2.75) is 43.7 Å². The predicted molar refractivity (Wildman–Crippen MR) is 91.7 cm³/mol.